The summed E-state index contributed by atoms with van der Waals surface area (Å²) in [5.74, 6) is 0.840. The number of hydrogen-bond acceptors (Lipinski definition) is 1. The van der Waals surface area contributed by atoms with Crippen LogP contribution in [0.15, 0.2) is 41.5 Å². The van der Waals surface area contributed by atoms with Crippen LogP contribution in [0, 0.1) is 0 Å². The van der Waals surface area contributed by atoms with Crippen molar-refractivity contribution in [3.8, 4) is 11.1 Å². The summed E-state index contributed by atoms with van der Waals surface area (Å²) < 4.78 is 5.23. The molecule has 54 valence electrons. The van der Waals surface area contributed by atoms with E-state index >= 15 is 0 Å². The Morgan fingerprint density at radius 1 is 1.27 bits per heavy atom. The third-order valence-electron chi connectivity index (χ3n) is 1.74. The molecule has 1 aliphatic carbocycles. The molecule has 0 atom stereocenters. The monoisotopic (exact) mass is 144 g/mol. The Morgan fingerprint density at radius 3 is 3.00 bits per heavy atom. The zero-order valence-electron chi connectivity index (χ0n) is 6.08. The maximum absolute atomic E-state index is 5.23. The topological polar surface area (TPSA) is 13.1 Å². The third-order valence-corrected chi connectivity index (χ3v) is 1.74. The molecule has 0 radical (unpaired) electrons. The lowest BCUT2D eigenvalue weighted by Gasteiger charge is -2.00. The predicted molar refractivity (Wildman–Crippen MR) is 45.4 cm³/mol. The Hall–Kier alpha value is -1.50. The van der Waals surface area contributed by atoms with Gasteiger partial charge in [0.2, 0.25) is 0 Å². The van der Waals surface area contributed by atoms with Crippen LogP contribution in [-0.2, 0) is 0 Å². The molecule has 0 unspecified atom stereocenters. The van der Waals surface area contributed by atoms with E-state index in [4.69, 9.17) is 4.42 Å². The van der Waals surface area contributed by atoms with E-state index in [1.807, 2.05) is 18.2 Å². The van der Waals surface area contributed by atoms with Crippen LogP contribution >= 0.6 is 0 Å². The van der Waals surface area contributed by atoms with Gasteiger partial charge in [-0.25, -0.2) is 0 Å². The highest BCUT2D eigenvalue weighted by Gasteiger charge is 2.05. The van der Waals surface area contributed by atoms with Crippen molar-refractivity contribution in [3.05, 3.63) is 42.9 Å². The first-order valence-electron chi connectivity index (χ1n) is 3.50. The van der Waals surface area contributed by atoms with Crippen molar-refractivity contribution in [2.75, 3.05) is 0 Å². The van der Waals surface area contributed by atoms with Gasteiger partial charge in [0.25, 0.3) is 0 Å². The quantitative estimate of drug-likeness (QED) is 0.599. The molecule has 0 saturated heterocycles. The Bertz CT molecular complexity index is 346. The minimum atomic E-state index is 0.840. The lowest BCUT2D eigenvalue weighted by molar-refractivity contribution is 0.542. The molecule has 1 heteroatoms. The molecule has 1 aliphatic heterocycles. The summed E-state index contributed by atoms with van der Waals surface area (Å²) >= 11 is 0. The van der Waals surface area contributed by atoms with Gasteiger partial charge in [-0.3, -0.25) is 0 Å². The highest BCUT2D eigenvalue weighted by molar-refractivity contribution is 5.73. The van der Waals surface area contributed by atoms with Crippen LogP contribution < -0.4 is 0 Å². The van der Waals surface area contributed by atoms with E-state index in [9.17, 15) is 0 Å². The van der Waals surface area contributed by atoms with E-state index in [-0.39, 0.29) is 0 Å². The maximum Gasteiger partial charge on any atom is 0.133 e. The summed E-state index contributed by atoms with van der Waals surface area (Å²) in [5, 5.41) is 0. The van der Waals surface area contributed by atoms with Crippen LogP contribution in [0.5, 0.6) is 0 Å². The van der Waals surface area contributed by atoms with Gasteiger partial charge in [-0.2, -0.15) is 0 Å². The molecule has 1 heterocycles. The summed E-state index contributed by atoms with van der Waals surface area (Å²) in [6, 6.07) is 8.03. The molecule has 0 aromatic heterocycles. The fourth-order valence-electron chi connectivity index (χ4n) is 1.21. The second kappa shape index (κ2) is 2.27. The van der Waals surface area contributed by atoms with Gasteiger partial charge in [-0.15, -0.1) is 0 Å². The Kier molecular flexibility index (Phi) is 1.29. The average Bonchev–Trinajstić information content (AvgIpc) is 2.50. The summed E-state index contributed by atoms with van der Waals surface area (Å²) in [6.45, 7) is 3.67. The molecule has 2 rings (SSSR count). The molecule has 0 aromatic rings. The first-order valence-corrected chi connectivity index (χ1v) is 3.50. The van der Waals surface area contributed by atoms with Gasteiger partial charge in [0.1, 0.15) is 5.76 Å². The second-order valence-electron chi connectivity index (χ2n) is 2.38. The van der Waals surface area contributed by atoms with E-state index in [1.165, 1.54) is 5.56 Å². The maximum atomic E-state index is 5.23. The standard InChI is InChI=1S/C10H8O/c1-2-10-9-5-3-4-8(9)6-7-11-10/h2-7H,1H2. The second-order valence-corrected chi connectivity index (χ2v) is 2.38. The SMILES string of the molecule is C=Cc1occc2cccc1-2. The molecule has 0 amide bonds. The summed E-state index contributed by atoms with van der Waals surface area (Å²) in [5.41, 5.74) is 2.33. The van der Waals surface area contributed by atoms with Crippen molar-refractivity contribution >= 4 is 6.08 Å². The van der Waals surface area contributed by atoms with Crippen molar-refractivity contribution in [1.29, 1.82) is 0 Å². The van der Waals surface area contributed by atoms with Crippen molar-refractivity contribution in [2.45, 2.75) is 0 Å². The highest BCUT2D eigenvalue weighted by atomic mass is 16.3. The lowest BCUT2D eigenvalue weighted by Crippen LogP contribution is -1.77. The minimum absolute atomic E-state index is 0.840. The van der Waals surface area contributed by atoms with Gasteiger partial charge in [0.15, 0.2) is 0 Å². The minimum Gasteiger partial charge on any atom is -0.464 e. The largest absolute Gasteiger partial charge is 0.464 e. The number of rotatable bonds is 1. The van der Waals surface area contributed by atoms with Gasteiger partial charge in [0.05, 0.1) is 6.26 Å². The van der Waals surface area contributed by atoms with Crippen LogP contribution in [0.3, 0.4) is 0 Å². The van der Waals surface area contributed by atoms with Crippen molar-refractivity contribution in [2.24, 2.45) is 0 Å². The van der Waals surface area contributed by atoms with E-state index < -0.39 is 0 Å². The Morgan fingerprint density at radius 2 is 2.18 bits per heavy atom. The lowest BCUT2D eigenvalue weighted by atomic mass is 10.1. The Balaban J connectivity index is 2.75. The molecule has 11 heavy (non-hydrogen) atoms. The van der Waals surface area contributed by atoms with Crippen LogP contribution in [0.2, 0.25) is 0 Å². The Labute approximate surface area is 65.3 Å². The van der Waals surface area contributed by atoms with Gasteiger partial charge in [0, 0.05) is 5.56 Å². The van der Waals surface area contributed by atoms with E-state index in [0.29, 0.717) is 0 Å². The molecule has 0 bridgehead atoms. The summed E-state index contributed by atoms with van der Waals surface area (Å²) in [4.78, 5) is 0. The third kappa shape index (κ3) is 0.855. The molecule has 0 N–H and O–H groups in total. The normalized spacial score (nSPS) is 10.2. The molecule has 0 fully saturated rings. The molecule has 0 spiro atoms. The van der Waals surface area contributed by atoms with Gasteiger partial charge in [-0.1, -0.05) is 24.8 Å². The summed E-state index contributed by atoms with van der Waals surface area (Å²) in [6.07, 6.45) is 3.40. The molecule has 0 aromatic carbocycles. The zero-order chi connectivity index (χ0) is 7.68. The van der Waals surface area contributed by atoms with Gasteiger partial charge < -0.3 is 4.42 Å². The van der Waals surface area contributed by atoms with Gasteiger partial charge >= 0.3 is 0 Å². The summed E-state index contributed by atoms with van der Waals surface area (Å²) in [7, 11) is 0. The molecule has 0 saturated carbocycles. The van der Waals surface area contributed by atoms with Gasteiger partial charge in [-0.05, 0) is 17.7 Å². The van der Waals surface area contributed by atoms with Crippen LogP contribution in [0.1, 0.15) is 5.76 Å². The number of fused-ring (bicyclic) bond motifs is 1. The van der Waals surface area contributed by atoms with E-state index in [0.717, 1.165) is 11.3 Å². The molecular weight excluding hydrogens is 136 g/mol. The highest BCUT2D eigenvalue weighted by Crippen LogP contribution is 2.26. The predicted octanol–water partition coefficient (Wildman–Crippen LogP) is 3.03. The van der Waals surface area contributed by atoms with Crippen LogP contribution in [0.4, 0.5) is 0 Å². The smallest absolute Gasteiger partial charge is 0.133 e. The van der Waals surface area contributed by atoms with Crippen molar-refractivity contribution < 1.29 is 4.42 Å². The first kappa shape index (κ1) is 6.23. The van der Waals surface area contributed by atoms with Crippen molar-refractivity contribution in [3.63, 3.8) is 0 Å². The van der Waals surface area contributed by atoms with E-state index in [1.54, 1.807) is 12.3 Å². The van der Waals surface area contributed by atoms with E-state index in [2.05, 4.69) is 12.6 Å². The fraction of sp³-hybridized carbons (Fsp3) is 0. The zero-order valence-corrected chi connectivity index (χ0v) is 6.08. The fourth-order valence-corrected chi connectivity index (χ4v) is 1.21. The average molecular weight is 144 g/mol. The van der Waals surface area contributed by atoms with Crippen LogP contribution in [-0.4, -0.2) is 0 Å². The van der Waals surface area contributed by atoms with Crippen molar-refractivity contribution in [1.82, 2.24) is 0 Å². The molecule has 1 nitrogen and oxygen atoms in total. The number of hydrogen-bond donors (Lipinski definition) is 0. The molecular formula is C10H8O. The first-order chi connectivity index (χ1) is 5.42. The van der Waals surface area contributed by atoms with Crippen LogP contribution in [0.25, 0.3) is 17.2 Å². The molecule has 2 aliphatic rings.